The number of pyridine rings is 1. The van der Waals surface area contributed by atoms with Gasteiger partial charge >= 0.3 is 0 Å². The fourth-order valence-electron chi connectivity index (χ4n) is 1.58. The average Bonchev–Trinajstić information content (AvgIpc) is 2.49. The van der Waals surface area contributed by atoms with Crippen LogP contribution in [0.1, 0.15) is 21.6 Å². The molecule has 1 aromatic carbocycles. The van der Waals surface area contributed by atoms with E-state index in [9.17, 15) is 14.9 Å². The highest BCUT2D eigenvalue weighted by Crippen LogP contribution is 2.24. The molecule has 1 heterocycles. The van der Waals surface area contributed by atoms with E-state index >= 15 is 0 Å². The van der Waals surface area contributed by atoms with Gasteiger partial charge in [0.25, 0.3) is 11.6 Å². The Morgan fingerprint density at radius 2 is 2.18 bits per heavy atom. The molecule has 0 radical (unpaired) electrons. The number of aromatic nitrogens is 1. The third-order valence-electron chi connectivity index (χ3n) is 2.72. The van der Waals surface area contributed by atoms with Gasteiger partial charge in [0.1, 0.15) is 0 Å². The zero-order valence-electron chi connectivity index (χ0n) is 11.5. The van der Waals surface area contributed by atoms with Gasteiger partial charge in [-0.3, -0.25) is 19.9 Å². The number of hydrazone groups is 1. The van der Waals surface area contributed by atoms with Crippen molar-refractivity contribution in [3.05, 3.63) is 67.9 Å². The minimum Gasteiger partial charge on any atom is -0.267 e. The van der Waals surface area contributed by atoms with E-state index < -0.39 is 10.8 Å². The van der Waals surface area contributed by atoms with Crippen molar-refractivity contribution in [1.29, 1.82) is 0 Å². The molecule has 0 fully saturated rings. The monoisotopic (exact) mass is 362 g/mol. The Labute approximate surface area is 134 Å². The Balaban J connectivity index is 2.06. The first-order valence-corrected chi connectivity index (χ1v) is 6.96. The van der Waals surface area contributed by atoms with Crippen molar-refractivity contribution in [3.63, 3.8) is 0 Å². The van der Waals surface area contributed by atoms with Gasteiger partial charge in [-0.15, -0.1) is 0 Å². The second-order valence-electron chi connectivity index (χ2n) is 4.36. The van der Waals surface area contributed by atoms with E-state index in [0.717, 1.165) is 5.69 Å². The van der Waals surface area contributed by atoms with Gasteiger partial charge in [-0.05, 0) is 41.1 Å². The Hall–Kier alpha value is -2.61. The van der Waals surface area contributed by atoms with E-state index in [1.165, 1.54) is 18.5 Å². The van der Waals surface area contributed by atoms with E-state index in [1.54, 1.807) is 24.3 Å². The van der Waals surface area contributed by atoms with E-state index in [0.29, 0.717) is 15.6 Å². The van der Waals surface area contributed by atoms with Gasteiger partial charge in [0.2, 0.25) is 0 Å². The number of nitrogens with one attached hydrogen (secondary N) is 1. The second kappa shape index (κ2) is 6.90. The van der Waals surface area contributed by atoms with Crippen molar-refractivity contribution >= 4 is 33.7 Å². The molecule has 112 valence electrons. The number of nitro groups is 1. The predicted octanol–water partition coefficient (Wildman–Crippen LogP) is 2.82. The molecular formula is C14H11BrN4O3. The molecule has 0 saturated heterocycles. The maximum Gasteiger partial charge on any atom is 0.284 e. The fraction of sp³-hybridized carbons (Fsp3) is 0.0714. The molecular weight excluding hydrogens is 352 g/mol. The molecule has 2 aromatic rings. The molecule has 0 bridgehead atoms. The Morgan fingerprint density at radius 3 is 2.82 bits per heavy atom. The molecule has 0 spiro atoms. The molecule has 0 unspecified atom stereocenters. The summed E-state index contributed by atoms with van der Waals surface area (Å²) < 4.78 is 0.379. The minimum atomic E-state index is -0.502. The summed E-state index contributed by atoms with van der Waals surface area (Å²) in [6.07, 6.45) is 2.78. The fourth-order valence-corrected chi connectivity index (χ4v) is 1.97. The number of carbonyl (C=O) groups is 1. The van der Waals surface area contributed by atoms with Crippen LogP contribution in [0.3, 0.4) is 0 Å². The van der Waals surface area contributed by atoms with Gasteiger partial charge in [0.05, 0.1) is 21.2 Å². The number of nitrogens with zero attached hydrogens (tertiary/aromatic N) is 3. The van der Waals surface area contributed by atoms with Crippen LogP contribution in [0.25, 0.3) is 0 Å². The highest BCUT2D eigenvalue weighted by molar-refractivity contribution is 9.10. The van der Waals surface area contributed by atoms with Crippen molar-refractivity contribution in [2.24, 2.45) is 5.10 Å². The summed E-state index contributed by atoms with van der Waals surface area (Å²) in [5, 5.41) is 14.6. The van der Waals surface area contributed by atoms with Crippen LogP contribution in [0.15, 0.2) is 46.1 Å². The zero-order valence-corrected chi connectivity index (χ0v) is 13.1. The molecule has 2 rings (SSSR count). The summed E-state index contributed by atoms with van der Waals surface area (Å²) in [5.74, 6) is -0.407. The topological polar surface area (TPSA) is 97.5 Å². The van der Waals surface area contributed by atoms with Crippen LogP contribution in [0.4, 0.5) is 5.69 Å². The third-order valence-corrected chi connectivity index (χ3v) is 3.39. The molecule has 0 aliphatic carbocycles. The molecule has 1 aromatic heterocycles. The van der Waals surface area contributed by atoms with E-state index in [4.69, 9.17) is 0 Å². The largest absolute Gasteiger partial charge is 0.284 e. The first-order chi connectivity index (χ1) is 10.5. The number of nitro benzene ring substituents is 1. The molecule has 1 N–H and O–H groups in total. The van der Waals surface area contributed by atoms with Crippen LogP contribution >= 0.6 is 15.9 Å². The predicted molar refractivity (Wildman–Crippen MR) is 84.8 cm³/mol. The van der Waals surface area contributed by atoms with Crippen LogP contribution in [-0.4, -0.2) is 22.0 Å². The average molecular weight is 363 g/mol. The lowest BCUT2D eigenvalue weighted by Gasteiger charge is -2.00. The highest BCUT2D eigenvalue weighted by atomic mass is 79.9. The summed E-state index contributed by atoms with van der Waals surface area (Å²) >= 11 is 3.10. The van der Waals surface area contributed by atoms with E-state index in [-0.39, 0.29) is 5.69 Å². The number of hydrogen-bond acceptors (Lipinski definition) is 5. The molecule has 0 atom stereocenters. The number of aryl methyl sites for hydroxylation is 1. The summed E-state index contributed by atoms with van der Waals surface area (Å²) in [6, 6.07) is 7.90. The first-order valence-electron chi connectivity index (χ1n) is 6.17. The van der Waals surface area contributed by atoms with Crippen molar-refractivity contribution in [3.8, 4) is 0 Å². The van der Waals surface area contributed by atoms with Crippen LogP contribution in [-0.2, 0) is 0 Å². The lowest BCUT2D eigenvalue weighted by Crippen LogP contribution is -2.17. The number of hydrogen-bond donors (Lipinski definition) is 1. The van der Waals surface area contributed by atoms with E-state index in [2.05, 4.69) is 31.4 Å². The Bertz CT molecular complexity index is 744. The number of amides is 1. The standard InChI is InChI=1S/C14H11BrN4O3/c1-9-2-4-11(8-16-9)14(20)18-17-7-10-3-5-12(15)13(6-10)19(21)22/h2-8H,1H3,(H,18,20)/b17-7-. The zero-order chi connectivity index (χ0) is 16.1. The number of halogens is 1. The molecule has 1 amide bonds. The van der Waals surface area contributed by atoms with Crippen molar-refractivity contribution < 1.29 is 9.72 Å². The smallest absolute Gasteiger partial charge is 0.267 e. The van der Waals surface area contributed by atoms with Gasteiger partial charge in [0.15, 0.2) is 0 Å². The minimum absolute atomic E-state index is 0.0713. The number of carbonyl (C=O) groups excluding carboxylic acids is 1. The van der Waals surface area contributed by atoms with Gasteiger partial charge in [-0.1, -0.05) is 6.07 Å². The molecule has 8 heteroatoms. The van der Waals surface area contributed by atoms with Crippen LogP contribution < -0.4 is 5.43 Å². The molecule has 0 aliphatic rings. The van der Waals surface area contributed by atoms with Crippen LogP contribution in [0, 0.1) is 17.0 Å². The van der Waals surface area contributed by atoms with Crippen molar-refractivity contribution in [1.82, 2.24) is 10.4 Å². The lowest BCUT2D eigenvalue weighted by molar-refractivity contribution is -0.385. The molecule has 22 heavy (non-hydrogen) atoms. The summed E-state index contributed by atoms with van der Waals surface area (Å²) in [4.78, 5) is 26.1. The number of benzene rings is 1. The highest BCUT2D eigenvalue weighted by Gasteiger charge is 2.11. The maximum absolute atomic E-state index is 11.8. The summed E-state index contributed by atoms with van der Waals surface area (Å²) in [5.41, 5.74) is 3.95. The quantitative estimate of drug-likeness (QED) is 0.513. The van der Waals surface area contributed by atoms with Crippen molar-refractivity contribution in [2.45, 2.75) is 6.92 Å². The first kappa shape index (κ1) is 15.8. The third kappa shape index (κ3) is 3.95. The maximum atomic E-state index is 11.8. The number of rotatable bonds is 4. The Kier molecular flexibility index (Phi) is 4.95. The SMILES string of the molecule is Cc1ccc(C(=O)N/N=C\c2ccc(Br)c([N+](=O)[O-])c2)cn1. The molecule has 0 aliphatic heterocycles. The summed E-state index contributed by atoms with van der Waals surface area (Å²) in [6.45, 7) is 1.82. The summed E-state index contributed by atoms with van der Waals surface area (Å²) in [7, 11) is 0. The van der Waals surface area contributed by atoms with E-state index in [1.807, 2.05) is 6.92 Å². The molecule has 0 saturated carbocycles. The lowest BCUT2D eigenvalue weighted by atomic mass is 10.2. The Morgan fingerprint density at radius 1 is 1.41 bits per heavy atom. The normalized spacial score (nSPS) is 10.6. The van der Waals surface area contributed by atoms with Gasteiger partial charge in [-0.25, -0.2) is 5.43 Å². The van der Waals surface area contributed by atoms with Crippen LogP contribution in [0.2, 0.25) is 0 Å². The molecule has 7 nitrogen and oxygen atoms in total. The second-order valence-corrected chi connectivity index (χ2v) is 5.21. The van der Waals surface area contributed by atoms with Crippen molar-refractivity contribution in [2.75, 3.05) is 0 Å². The van der Waals surface area contributed by atoms with Gasteiger partial charge in [-0.2, -0.15) is 5.10 Å². The van der Waals surface area contributed by atoms with Crippen LogP contribution in [0.5, 0.6) is 0 Å². The van der Waals surface area contributed by atoms with Gasteiger partial charge in [0, 0.05) is 23.5 Å². The van der Waals surface area contributed by atoms with Gasteiger partial charge < -0.3 is 0 Å².